The fraction of sp³-hybridized carbons (Fsp3) is 0. The van der Waals surface area contributed by atoms with Crippen LogP contribution < -0.4 is 0 Å². The summed E-state index contributed by atoms with van der Waals surface area (Å²) in [6, 6.07) is 0. The van der Waals surface area contributed by atoms with Crippen molar-refractivity contribution in [3.8, 4) is 0 Å². The van der Waals surface area contributed by atoms with Crippen LogP contribution in [0.3, 0.4) is 0 Å². The molecule has 0 atom stereocenters. The van der Waals surface area contributed by atoms with Crippen molar-refractivity contribution in [1.82, 2.24) is 0 Å². The van der Waals surface area contributed by atoms with Gasteiger partial charge in [-0.05, 0) is 0 Å². The summed E-state index contributed by atoms with van der Waals surface area (Å²) >= 11 is 0.700. The van der Waals surface area contributed by atoms with Crippen LogP contribution in [0.2, 0.25) is 0 Å². The monoisotopic (exact) mass is 161 g/mol. The van der Waals surface area contributed by atoms with E-state index in [9.17, 15) is 0 Å². The first kappa shape index (κ1) is 8.82. The normalized spacial score (nSPS) is 2.00. The van der Waals surface area contributed by atoms with Crippen LogP contribution in [0.15, 0.2) is 0 Å². The average Bonchev–Trinajstić information content (AvgIpc) is 1.50. The molecule has 0 heterocycles. The molecular formula is MoO2P. The van der Waals surface area contributed by atoms with E-state index in [4.69, 9.17) is 7.96 Å². The predicted octanol–water partition coefficient (Wildman–Crippen LogP) is 0.621. The molecule has 0 amide bonds. The Bertz CT molecular complexity index is 8.00. The molecule has 0 aliphatic rings. The van der Waals surface area contributed by atoms with Crippen molar-refractivity contribution in [3.05, 3.63) is 0 Å². The number of rotatable bonds is 0. The van der Waals surface area contributed by atoms with Crippen LogP contribution in [0.4, 0.5) is 0 Å². The maximum atomic E-state index is 8.26. The van der Waals surface area contributed by atoms with E-state index in [0.717, 1.165) is 0 Å². The summed E-state index contributed by atoms with van der Waals surface area (Å²) in [5, 5.41) is 0. The van der Waals surface area contributed by atoms with Crippen molar-refractivity contribution >= 4 is 9.12 Å². The van der Waals surface area contributed by atoms with E-state index < -0.39 is 0 Å². The van der Waals surface area contributed by atoms with Crippen LogP contribution >= 0.6 is 9.12 Å². The Morgan fingerprint density at radius 2 is 1.25 bits per heavy atom. The van der Waals surface area contributed by atoms with Gasteiger partial charge in [0.05, 0.1) is 0 Å². The summed E-state index contributed by atoms with van der Waals surface area (Å²) < 4.78 is 16.2. The first-order chi connectivity index (χ1) is 2.00. The van der Waals surface area contributed by atoms with Crippen molar-refractivity contribution < 1.29 is 27.7 Å². The van der Waals surface area contributed by atoms with Gasteiger partial charge in [0.1, 0.15) is 0 Å². The standard InChI is InChI=1S/Mo.OP.O/c;1-2;. The topological polar surface area (TPSA) is 34.1 Å². The van der Waals surface area contributed by atoms with Gasteiger partial charge in [-0.2, -0.15) is 0 Å². The molecule has 4 heavy (non-hydrogen) atoms. The van der Waals surface area contributed by atoms with Crippen LogP contribution in [0.5, 0.6) is 0 Å². The predicted molar refractivity (Wildman–Crippen MR) is 8.29 cm³/mol. The first-order valence-corrected chi connectivity index (χ1v) is 1.53. The summed E-state index contributed by atoms with van der Waals surface area (Å²) in [4.78, 5) is 0. The molecular weight excluding hydrogens is 159 g/mol. The molecule has 1 radical (unpaired) electrons. The van der Waals surface area contributed by atoms with E-state index in [0.29, 0.717) is 19.8 Å². The molecule has 0 aliphatic heterocycles. The van der Waals surface area contributed by atoms with Crippen molar-refractivity contribution in [3.63, 3.8) is 0 Å². The molecule has 0 saturated heterocycles. The van der Waals surface area contributed by atoms with Gasteiger partial charge in [0.15, 0.2) is 0 Å². The summed E-state index contributed by atoms with van der Waals surface area (Å²) in [5.74, 6) is 0. The van der Waals surface area contributed by atoms with Crippen LogP contribution in [0.1, 0.15) is 0 Å². The molecule has 0 fully saturated rings. The van der Waals surface area contributed by atoms with E-state index in [-0.39, 0.29) is 0 Å². The molecule has 0 N–H and O–H groups in total. The molecule has 23 valence electrons. The molecule has 0 bridgehead atoms. The fourth-order valence-electron chi connectivity index (χ4n) is 0. The second-order valence-electron chi connectivity index (χ2n) is 0. The van der Waals surface area contributed by atoms with Crippen LogP contribution in [-0.2, 0) is 27.7 Å². The average molecular weight is 159 g/mol. The molecule has 0 aliphatic carbocycles. The van der Waals surface area contributed by atoms with E-state index in [1.807, 2.05) is 0 Å². The van der Waals surface area contributed by atoms with Crippen LogP contribution in [0.25, 0.3) is 0 Å². The Balaban J connectivity index is 0. The van der Waals surface area contributed by atoms with E-state index in [1.165, 1.54) is 0 Å². The quantitative estimate of drug-likeness (QED) is 0.383. The SMILES string of the molecule is O=[P].[O]=[Mo]. The van der Waals surface area contributed by atoms with Gasteiger partial charge in [-0.1, -0.05) is 0 Å². The Morgan fingerprint density at radius 1 is 1.25 bits per heavy atom. The Morgan fingerprint density at radius 3 is 1.25 bits per heavy atom. The van der Waals surface area contributed by atoms with Gasteiger partial charge < -0.3 is 0 Å². The minimum atomic E-state index is 0.700. The summed E-state index contributed by atoms with van der Waals surface area (Å²) in [7, 11) is 2.28. The summed E-state index contributed by atoms with van der Waals surface area (Å²) in [6.07, 6.45) is 0. The van der Waals surface area contributed by atoms with Gasteiger partial charge in [0.25, 0.3) is 9.12 Å². The van der Waals surface area contributed by atoms with Crippen molar-refractivity contribution in [2.24, 2.45) is 0 Å². The van der Waals surface area contributed by atoms with Crippen LogP contribution in [-0.4, -0.2) is 0 Å². The van der Waals surface area contributed by atoms with Gasteiger partial charge in [0.2, 0.25) is 0 Å². The number of hydrogen-bond donors (Lipinski definition) is 0. The van der Waals surface area contributed by atoms with Crippen LogP contribution in [0, 0.1) is 0 Å². The molecule has 0 aromatic heterocycles. The summed E-state index contributed by atoms with van der Waals surface area (Å²) in [5.41, 5.74) is 0. The zero-order valence-corrected chi connectivity index (χ0v) is 4.57. The fourth-order valence-corrected chi connectivity index (χ4v) is 0. The van der Waals surface area contributed by atoms with Gasteiger partial charge in [-0.15, -0.1) is 0 Å². The minimum absolute atomic E-state index is 0.700. The zero-order valence-electron chi connectivity index (χ0n) is 1.67. The third-order valence-electron chi connectivity index (χ3n) is 0. The zero-order chi connectivity index (χ0) is 4.00. The van der Waals surface area contributed by atoms with E-state index >= 15 is 0 Å². The second-order valence-corrected chi connectivity index (χ2v) is 0. The summed E-state index contributed by atoms with van der Waals surface area (Å²) in [6.45, 7) is 0. The Hall–Kier alpha value is 0.588. The third kappa shape index (κ3) is 18.9. The van der Waals surface area contributed by atoms with Gasteiger partial charge in [0, 0.05) is 0 Å². The van der Waals surface area contributed by atoms with Gasteiger partial charge in [-0.25, -0.2) is 0 Å². The molecule has 0 saturated carbocycles. The number of hydrogen-bond acceptors (Lipinski definition) is 2. The Labute approximate surface area is 37.4 Å². The maximum absolute atomic E-state index is 8.26. The molecule has 0 aromatic rings. The van der Waals surface area contributed by atoms with E-state index in [2.05, 4.69) is 9.12 Å². The molecule has 0 aromatic carbocycles. The van der Waals surface area contributed by atoms with Gasteiger partial charge >= 0.3 is 23.2 Å². The third-order valence-corrected chi connectivity index (χ3v) is 0. The molecule has 2 nitrogen and oxygen atoms in total. The molecule has 0 spiro atoms. The van der Waals surface area contributed by atoms with E-state index in [1.54, 1.807) is 0 Å². The van der Waals surface area contributed by atoms with Crippen molar-refractivity contribution in [2.75, 3.05) is 0 Å². The van der Waals surface area contributed by atoms with Gasteiger partial charge in [-0.3, -0.25) is 4.57 Å². The van der Waals surface area contributed by atoms with Crippen molar-refractivity contribution in [1.29, 1.82) is 0 Å². The Kier molecular flexibility index (Phi) is 153. The molecule has 0 rings (SSSR count). The second kappa shape index (κ2) is 69.5. The molecule has 0 unspecified atom stereocenters. The molecule has 4 heteroatoms. The van der Waals surface area contributed by atoms with Crippen molar-refractivity contribution in [2.45, 2.75) is 0 Å². The first-order valence-electron chi connectivity index (χ1n) is 0.349.